The van der Waals surface area contributed by atoms with E-state index in [4.69, 9.17) is 0 Å². The van der Waals surface area contributed by atoms with Gasteiger partial charge >= 0.3 is 0 Å². The highest BCUT2D eigenvalue weighted by molar-refractivity contribution is 5.98. The number of fused-ring (bicyclic) bond motifs is 1. The van der Waals surface area contributed by atoms with Crippen molar-refractivity contribution in [1.29, 1.82) is 0 Å². The molecule has 0 aliphatic carbocycles. The van der Waals surface area contributed by atoms with Crippen LogP contribution in [0.4, 0.5) is 0 Å². The summed E-state index contributed by atoms with van der Waals surface area (Å²) < 4.78 is 2.05. The molecule has 0 atom stereocenters. The zero-order valence-electron chi connectivity index (χ0n) is 13.3. The van der Waals surface area contributed by atoms with Gasteiger partial charge in [0.2, 0.25) is 5.91 Å². The Bertz CT molecular complexity index is 785. The number of nitrogens with one attached hydrogen (secondary N) is 1. The van der Waals surface area contributed by atoms with Gasteiger partial charge in [-0.2, -0.15) is 0 Å². The van der Waals surface area contributed by atoms with E-state index in [2.05, 4.69) is 9.88 Å². The SMILES string of the molecule is Cn1ccc2cc(C(=O)N3CCC4(CC3)CNC(=O)C4)ccc21. The standard InChI is InChI=1S/C18H21N3O2/c1-20-7-4-13-10-14(2-3-15(13)20)17(23)21-8-5-18(6-9-21)11-16(22)19-12-18/h2-4,7,10H,5-6,8-9,11-12H2,1H3,(H,19,22). The fraction of sp³-hybridized carbons (Fsp3) is 0.444. The summed E-state index contributed by atoms with van der Waals surface area (Å²) in [5, 5.41) is 4.03. The van der Waals surface area contributed by atoms with Gasteiger partial charge in [-0.1, -0.05) is 0 Å². The van der Waals surface area contributed by atoms with Crippen LogP contribution in [0.1, 0.15) is 29.6 Å². The van der Waals surface area contributed by atoms with Gasteiger partial charge in [0.15, 0.2) is 0 Å². The number of carbonyl (C=O) groups excluding carboxylic acids is 2. The van der Waals surface area contributed by atoms with E-state index in [0.717, 1.165) is 48.9 Å². The second kappa shape index (κ2) is 5.11. The minimum absolute atomic E-state index is 0.0806. The van der Waals surface area contributed by atoms with E-state index in [0.29, 0.717) is 6.42 Å². The lowest BCUT2D eigenvalue weighted by molar-refractivity contribution is -0.119. The first kappa shape index (κ1) is 14.3. The molecule has 3 heterocycles. The molecule has 2 saturated heterocycles. The summed E-state index contributed by atoms with van der Waals surface area (Å²) in [5.41, 5.74) is 1.96. The van der Waals surface area contributed by atoms with Crippen LogP contribution in [0.2, 0.25) is 0 Å². The zero-order valence-corrected chi connectivity index (χ0v) is 13.3. The van der Waals surface area contributed by atoms with Crippen LogP contribution in [0.25, 0.3) is 10.9 Å². The summed E-state index contributed by atoms with van der Waals surface area (Å²) in [6.07, 6.45) is 4.44. The summed E-state index contributed by atoms with van der Waals surface area (Å²) in [6.45, 7) is 2.24. The van der Waals surface area contributed by atoms with Crippen LogP contribution in [-0.2, 0) is 11.8 Å². The highest BCUT2D eigenvalue weighted by Crippen LogP contribution is 2.37. The number of piperidine rings is 1. The summed E-state index contributed by atoms with van der Waals surface area (Å²) in [7, 11) is 2.00. The Kier molecular flexibility index (Phi) is 3.18. The molecule has 1 aromatic heterocycles. The molecule has 2 aliphatic heterocycles. The number of amides is 2. The normalized spacial score (nSPS) is 20.2. The van der Waals surface area contributed by atoms with E-state index >= 15 is 0 Å². The average molecular weight is 311 g/mol. The lowest BCUT2D eigenvalue weighted by Crippen LogP contribution is -2.44. The first-order chi connectivity index (χ1) is 11.1. The first-order valence-corrected chi connectivity index (χ1v) is 8.17. The van der Waals surface area contributed by atoms with Crippen molar-refractivity contribution in [2.45, 2.75) is 19.3 Å². The van der Waals surface area contributed by atoms with Crippen molar-refractivity contribution in [2.24, 2.45) is 12.5 Å². The van der Waals surface area contributed by atoms with Gasteiger partial charge in [-0.15, -0.1) is 0 Å². The number of likely N-dealkylation sites (tertiary alicyclic amines) is 1. The number of carbonyl (C=O) groups is 2. The first-order valence-electron chi connectivity index (χ1n) is 8.17. The lowest BCUT2D eigenvalue weighted by atomic mass is 9.77. The molecule has 23 heavy (non-hydrogen) atoms. The Morgan fingerprint density at radius 1 is 1.22 bits per heavy atom. The van der Waals surface area contributed by atoms with Crippen molar-refractivity contribution in [2.75, 3.05) is 19.6 Å². The number of aryl methyl sites for hydroxylation is 1. The third-order valence-corrected chi connectivity index (χ3v) is 5.44. The van der Waals surface area contributed by atoms with Crippen LogP contribution < -0.4 is 5.32 Å². The molecule has 5 heteroatoms. The van der Waals surface area contributed by atoms with Crippen molar-refractivity contribution < 1.29 is 9.59 Å². The topological polar surface area (TPSA) is 54.3 Å². The van der Waals surface area contributed by atoms with E-state index in [1.54, 1.807) is 0 Å². The van der Waals surface area contributed by atoms with Gasteiger partial charge in [0.1, 0.15) is 0 Å². The number of hydrogen-bond donors (Lipinski definition) is 1. The number of nitrogens with zero attached hydrogens (tertiary/aromatic N) is 2. The summed E-state index contributed by atoms with van der Waals surface area (Å²) >= 11 is 0. The molecule has 1 aromatic carbocycles. The van der Waals surface area contributed by atoms with Gasteiger partial charge in [0.25, 0.3) is 5.91 Å². The van der Waals surface area contributed by atoms with Crippen molar-refractivity contribution in [3.8, 4) is 0 Å². The Balaban J connectivity index is 1.49. The molecule has 1 N–H and O–H groups in total. The quantitative estimate of drug-likeness (QED) is 0.875. The van der Waals surface area contributed by atoms with E-state index in [9.17, 15) is 9.59 Å². The molecule has 0 radical (unpaired) electrons. The molecule has 5 nitrogen and oxygen atoms in total. The number of aromatic nitrogens is 1. The molecule has 0 saturated carbocycles. The van der Waals surface area contributed by atoms with E-state index in [-0.39, 0.29) is 17.2 Å². The van der Waals surface area contributed by atoms with Crippen LogP contribution in [0, 0.1) is 5.41 Å². The van der Waals surface area contributed by atoms with Crippen molar-refractivity contribution in [3.63, 3.8) is 0 Å². The van der Waals surface area contributed by atoms with E-state index in [1.165, 1.54) is 0 Å². The van der Waals surface area contributed by atoms with Crippen molar-refractivity contribution >= 4 is 22.7 Å². The number of rotatable bonds is 1. The highest BCUT2D eigenvalue weighted by atomic mass is 16.2. The average Bonchev–Trinajstić information content (AvgIpc) is 3.11. The Morgan fingerprint density at radius 3 is 2.70 bits per heavy atom. The third-order valence-electron chi connectivity index (χ3n) is 5.44. The van der Waals surface area contributed by atoms with Gasteiger partial charge in [-0.3, -0.25) is 9.59 Å². The number of benzene rings is 1. The fourth-order valence-corrected chi connectivity index (χ4v) is 3.89. The zero-order chi connectivity index (χ0) is 16.0. The second-order valence-electron chi connectivity index (χ2n) is 6.95. The smallest absolute Gasteiger partial charge is 0.253 e. The Morgan fingerprint density at radius 2 is 2.00 bits per heavy atom. The molecule has 2 fully saturated rings. The minimum atomic E-state index is 0.0806. The fourth-order valence-electron chi connectivity index (χ4n) is 3.89. The van der Waals surface area contributed by atoms with E-state index in [1.807, 2.05) is 42.4 Å². The summed E-state index contributed by atoms with van der Waals surface area (Å²) in [6, 6.07) is 7.93. The van der Waals surface area contributed by atoms with Crippen LogP contribution >= 0.6 is 0 Å². The largest absolute Gasteiger partial charge is 0.356 e. The maximum absolute atomic E-state index is 12.8. The lowest BCUT2D eigenvalue weighted by Gasteiger charge is -2.38. The Hall–Kier alpha value is -2.30. The summed E-state index contributed by atoms with van der Waals surface area (Å²) in [5.74, 6) is 0.252. The molecular formula is C18H21N3O2. The van der Waals surface area contributed by atoms with Gasteiger partial charge in [0, 0.05) is 55.8 Å². The van der Waals surface area contributed by atoms with Crippen LogP contribution in [-0.4, -0.2) is 40.9 Å². The van der Waals surface area contributed by atoms with Crippen molar-refractivity contribution in [3.05, 3.63) is 36.0 Å². The molecule has 0 unspecified atom stereocenters. The Labute approximate surface area is 135 Å². The van der Waals surface area contributed by atoms with Gasteiger partial charge in [-0.05, 0) is 42.5 Å². The molecule has 2 aliphatic rings. The maximum Gasteiger partial charge on any atom is 0.253 e. The molecule has 2 aromatic rings. The monoisotopic (exact) mass is 311 g/mol. The predicted octanol–water partition coefficient (Wildman–Crippen LogP) is 1.92. The highest BCUT2D eigenvalue weighted by Gasteiger charge is 2.41. The molecule has 120 valence electrons. The van der Waals surface area contributed by atoms with Crippen molar-refractivity contribution in [1.82, 2.24) is 14.8 Å². The molecule has 2 amide bonds. The second-order valence-corrected chi connectivity index (χ2v) is 6.95. The summed E-state index contributed by atoms with van der Waals surface area (Å²) in [4.78, 5) is 26.2. The number of hydrogen-bond acceptors (Lipinski definition) is 2. The molecule has 1 spiro atoms. The molecule has 0 bridgehead atoms. The van der Waals surface area contributed by atoms with Crippen LogP contribution in [0.3, 0.4) is 0 Å². The van der Waals surface area contributed by atoms with Crippen LogP contribution in [0.15, 0.2) is 30.5 Å². The predicted molar refractivity (Wildman–Crippen MR) is 88.1 cm³/mol. The van der Waals surface area contributed by atoms with Gasteiger partial charge in [0.05, 0.1) is 0 Å². The molecule has 4 rings (SSSR count). The maximum atomic E-state index is 12.8. The van der Waals surface area contributed by atoms with Gasteiger partial charge in [-0.25, -0.2) is 0 Å². The minimum Gasteiger partial charge on any atom is -0.356 e. The third kappa shape index (κ3) is 2.40. The van der Waals surface area contributed by atoms with Gasteiger partial charge < -0.3 is 14.8 Å². The van der Waals surface area contributed by atoms with Crippen LogP contribution in [0.5, 0.6) is 0 Å². The molecular weight excluding hydrogens is 290 g/mol. The van der Waals surface area contributed by atoms with E-state index < -0.39 is 0 Å².